The fourth-order valence-corrected chi connectivity index (χ4v) is 3.39. The van der Waals surface area contributed by atoms with Crippen LogP contribution in [-0.2, 0) is 16.0 Å². The number of piperidine rings is 1. The van der Waals surface area contributed by atoms with Crippen LogP contribution in [0.25, 0.3) is 0 Å². The molecule has 1 atom stereocenters. The third-order valence-electron chi connectivity index (χ3n) is 4.20. The average molecular weight is 323 g/mol. The van der Waals surface area contributed by atoms with Crippen molar-refractivity contribution in [2.75, 3.05) is 26.2 Å². The Morgan fingerprint density at radius 3 is 2.77 bits per heavy atom. The highest BCUT2D eigenvalue weighted by Crippen LogP contribution is 2.19. The van der Waals surface area contributed by atoms with Gasteiger partial charge in [-0.05, 0) is 30.7 Å². The monoisotopic (exact) mass is 323 g/mol. The lowest BCUT2D eigenvalue weighted by Crippen LogP contribution is -2.45. The highest BCUT2D eigenvalue weighted by molar-refractivity contribution is 7.09. The summed E-state index contributed by atoms with van der Waals surface area (Å²) in [5, 5.41) is 5.06. The van der Waals surface area contributed by atoms with Gasteiger partial charge in [0.15, 0.2) is 0 Å². The van der Waals surface area contributed by atoms with Crippen LogP contribution in [0.5, 0.6) is 0 Å². The molecular weight excluding hydrogens is 298 g/mol. The highest BCUT2D eigenvalue weighted by atomic mass is 32.1. The number of nitrogens with two attached hydrogens (primary N) is 1. The Bertz CT molecular complexity index is 482. The second-order valence-corrected chi connectivity index (χ2v) is 6.89. The fourth-order valence-electron chi connectivity index (χ4n) is 2.68. The lowest BCUT2D eigenvalue weighted by molar-refractivity contribution is -0.138. The molecule has 2 heterocycles. The first kappa shape index (κ1) is 17.0. The van der Waals surface area contributed by atoms with E-state index in [2.05, 4.69) is 11.4 Å². The van der Waals surface area contributed by atoms with Crippen LogP contribution >= 0.6 is 11.3 Å². The van der Waals surface area contributed by atoms with Gasteiger partial charge in [-0.1, -0.05) is 13.0 Å². The Morgan fingerprint density at radius 1 is 1.45 bits per heavy atom. The van der Waals surface area contributed by atoms with Crippen LogP contribution in [0.1, 0.15) is 24.6 Å². The number of carbonyl (C=O) groups excluding carboxylic acids is 2. The van der Waals surface area contributed by atoms with Crippen LogP contribution in [-0.4, -0.2) is 42.9 Å². The normalized spacial score (nSPS) is 17.3. The van der Waals surface area contributed by atoms with Gasteiger partial charge in [0.1, 0.15) is 0 Å². The van der Waals surface area contributed by atoms with E-state index in [1.807, 2.05) is 23.3 Å². The molecule has 0 bridgehead atoms. The van der Waals surface area contributed by atoms with Crippen LogP contribution < -0.4 is 11.1 Å². The topological polar surface area (TPSA) is 75.4 Å². The predicted octanol–water partition coefficient (Wildman–Crippen LogP) is 1.24. The van der Waals surface area contributed by atoms with E-state index in [1.165, 1.54) is 4.88 Å². The van der Waals surface area contributed by atoms with E-state index >= 15 is 0 Å². The molecular formula is C16H25N3O2S. The van der Waals surface area contributed by atoms with E-state index in [0.29, 0.717) is 26.2 Å². The van der Waals surface area contributed by atoms with E-state index in [4.69, 9.17) is 5.73 Å². The molecule has 5 nitrogen and oxygen atoms in total. The van der Waals surface area contributed by atoms with Crippen molar-refractivity contribution in [2.24, 2.45) is 17.6 Å². The van der Waals surface area contributed by atoms with Gasteiger partial charge < -0.3 is 16.0 Å². The summed E-state index contributed by atoms with van der Waals surface area (Å²) in [5.74, 6) is 0.131. The third kappa shape index (κ3) is 4.55. The number of hydrogen-bond donors (Lipinski definition) is 2. The lowest BCUT2D eigenvalue weighted by Gasteiger charge is -2.32. The first-order chi connectivity index (χ1) is 10.6. The zero-order valence-electron chi connectivity index (χ0n) is 13.1. The number of hydrogen-bond acceptors (Lipinski definition) is 4. The molecule has 1 aliphatic rings. The van der Waals surface area contributed by atoms with Crippen molar-refractivity contribution < 1.29 is 9.59 Å². The van der Waals surface area contributed by atoms with Crippen LogP contribution in [0.2, 0.25) is 0 Å². The third-order valence-corrected chi connectivity index (χ3v) is 5.14. The van der Waals surface area contributed by atoms with Crippen molar-refractivity contribution in [3.8, 4) is 0 Å². The molecule has 1 aromatic heterocycles. The summed E-state index contributed by atoms with van der Waals surface area (Å²) in [6.45, 7) is 4.23. The van der Waals surface area contributed by atoms with Crippen LogP contribution in [0.15, 0.2) is 17.5 Å². The Balaban J connectivity index is 1.69. The quantitative estimate of drug-likeness (QED) is 0.827. The summed E-state index contributed by atoms with van der Waals surface area (Å²) in [4.78, 5) is 27.3. The van der Waals surface area contributed by atoms with Gasteiger partial charge in [-0.2, -0.15) is 0 Å². The Kier molecular flexibility index (Phi) is 6.39. The van der Waals surface area contributed by atoms with Gasteiger partial charge in [-0.15, -0.1) is 11.3 Å². The molecule has 0 radical (unpaired) electrons. The molecule has 2 amide bonds. The summed E-state index contributed by atoms with van der Waals surface area (Å²) in [5.41, 5.74) is 5.54. The zero-order valence-corrected chi connectivity index (χ0v) is 13.9. The predicted molar refractivity (Wildman–Crippen MR) is 88.6 cm³/mol. The molecule has 0 spiro atoms. The fraction of sp³-hybridized carbons (Fsp3) is 0.625. The summed E-state index contributed by atoms with van der Waals surface area (Å²) in [6, 6.07) is 4.11. The van der Waals surface area contributed by atoms with E-state index < -0.39 is 0 Å². The maximum Gasteiger partial charge on any atom is 0.226 e. The molecule has 122 valence electrons. The average Bonchev–Trinajstić information content (AvgIpc) is 3.06. The minimum Gasteiger partial charge on any atom is -0.355 e. The SMILES string of the molecule is CC(CN)C(=O)N1CCC(C(=O)NCCc2cccs2)CC1. The van der Waals surface area contributed by atoms with Crippen molar-refractivity contribution in [2.45, 2.75) is 26.2 Å². The van der Waals surface area contributed by atoms with Gasteiger partial charge in [0.2, 0.25) is 11.8 Å². The van der Waals surface area contributed by atoms with Gasteiger partial charge in [-0.3, -0.25) is 9.59 Å². The van der Waals surface area contributed by atoms with Crippen molar-refractivity contribution in [3.63, 3.8) is 0 Å². The first-order valence-corrected chi connectivity index (χ1v) is 8.78. The molecule has 0 aliphatic carbocycles. The second-order valence-electron chi connectivity index (χ2n) is 5.86. The molecule has 1 saturated heterocycles. The minimum absolute atomic E-state index is 0.0283. The molecule has 6 heteroatoms. The van der Waals surface area contributed by atoms with Crippen molar-refractivity contribution >= 4 is 23.2 Å². The van der Waals surface area contributed by atoms with Crippen LogP contribution in [0, 0.1) is 11.8 Å². The minimum atomic E-state index is -0.129. The van der Waals surface area contributed by atoms with Gasteiger partial charge >= 0.3 is 0 Å². The molecule has 0 saturated carbocycles. The van der Waals surface area contributed by atoms with Gasteiger partial charge in [0.25, 0.3) is 0 Å². The van der Waals surface area contributed by atoms with E-state index in [9.17, 15) is 9.59 Å². The number of likely N-dealkylation sites (tertiary alicyclic amines) is 1. The molecule has 1 fully saturated rings. The number of nitrogens with one attached hydrogen (secondary N) is 1. The maximum absolute atomic E-state index is 12.2. The molecule has 3 N–H and O–H groups in total. The molecule has 1 unspecified atom stereocenters. The number of nitrogens with zero attached hydrogens (tertiary/aromatic N) is 1. The summed E-state index contributed by atoms with van der Waals surface area (Å²) in [7, 11) is 0. The van der Waals surface area contributed by atoms with Gasteiger partial charge in [0.05, 0.1) is 0 Å². The maximum atomic E-state index is 12.2. The number of thiophene rings is 1. The lowest BCUT2D eigenvalue weighted by atomic mass is 9.95. The largest absolute Gasteiger partial charge is 0.355 e. The van der Waals surface area contributed by atoms with Crippen LogP contribution in [0.4, 0.5) is 0 Å². The highest BCUT2D eigenvalue weighted by Gasteiger charge is 2.28. The number of carbonyl (C=O) groups is 2. The molecule has 1 aromatic rings. The van der Waals surface area contributed by atoms with Crippen molar-refractivity contribution in [1.29, 1.82) is 0 Å². The molecule has 0 aromatic carbocycles. The first-order valence-electron chi connectivity index (χ1n) is 7.90. The molecule has 1 aliphatic heterocycles. The summed E-state index contributed by atoms with van der Waals surface area (Å²) < 4.78 is 0. The van der Waals surface area contributed by atoms with Gasteiger partial charge in [0, 0.05) is 42.9 Å². The van der Waals surface area contributed by atoms with E-state index in [-0.39, 0.29) is 23.7 Å². The van der Waals surface area contributed by atoms with Crippen molar-refractivity contribution in [1.82, 2.24) is 10.2 Å². The van der Waals surface area contributed by atoms with Crippen molar-refractivity contribution in [3.05, 3.63) is 22.4 Å². The van der Waals surface area contributed by atoms with E-state index in [1.54, 1.807) is 11.3 Å². The Labute approximate surface area is 135 Å². The standard InChI is InChI=1S/C16H25N3O2S/c1-12(11-17)16(21)19-8-5-13(6-9-19)15(20)18-7-4-14-3-2-10-22-14/h2-3,10,12-13H,4-9,11,17H2,1H3,(H,18,20). The summed E-state index contributed by atoms with van der Waals surface area (Å²) in [6.07, 6.45) is 2.37. The van der Waals surface area contributed by atoms with Gasteiger partial charge in [-0.25, -0.2) is 0 Å². The van der Waals surface area contributed by atoms with E-state index in [0.717, 1.165) is 19.3 Å². The van der Waals surface area contributed by atoms with Crippen LogP contribution in [0.3, 0.4) is 0 Å². The number of amides is 2. The smallest absolute Gasteiger partial charge is 0.226 e. The zero-order chi connectivity index (χ0) is 15.9. The second kappa shape index (κ2) is 8.29. The molecule has 2 rings (SSSR count). The Hall–Kier alpha value is -1.40. The number of rotatable bonds is 6. The molecule has 22 heavy (non-hydrogen) atoms. The summed E-state index contributed by atoms with van der Waals surface area (Å²) >= 11 is 1.71. The Morgan fingerprint density at radius 2 is 2.18 bits per heavy atom.